The van der Waals surface area contributed by atoms with Crippen molar-refractivity contribution >= 4 is 21.9 Å². The predicted molar refractivity (Wildman–Crippen MR) is 73.1 cm³/mol. The smallest absolute Gasteiger partial charge is 0.329 e. The van der Waals surface area contributed by atoms with E-state index in [1.165, 1.54) is 29.6 Å². The van der Waals surface area contributed by atoms with Crippen LogP contribution in [-0.2, 0) is 21.9 Å². The monoisotopic (exact) mass is 315 g/mol. The van der Waals surface area contributed by atoms with Crippen LogP contribution in [0.1, 0.15) is 30.3 Å². The Bertz CT molecular complexity index is 708. The molecule has 1 fully saturated rings. The molecule has 2 heterocycles. The molecule has 0 aromatic carbocycles. The SMILES string of the molecule is Cn1cc(S(N)(=O)=O)cc1C(=O)N1CCCC1(C)C(=O)O. The number of hydrogen-bond acceptors (Lipinski definition) is 4. The van der Waals surface area contributed by atoms with Crippen molar-refractivity contribution in [1.82, 2.24) is 9.47 Å². The molecule has 116 valence electrons. The molecule has 21 heavy (non-hydrogen) atoms. The van der Waals surface area contributed by atoms with Crippen LogP contribution in [0.4, 0.5) is 0 Å². The first-order valence-electron chi connectivity index (χ1n) is 6.32. The van der Waals surface area contributed by atoms with Crippen LogP contribution in [0.3, 0.4) is 0 Å². The second-order valence-electron chi connectivity index (χ2n) is 5.36. The number of aliphatic carboxylic acids is 1. The van der Waals surface area contributed by atoms with Crippen molar-refractivity contribution in [2.45, 2.75) is 30.2 Å². The number of nitrogens with two attached hydrogens (primary N) is 1. The largest absolute Gasteiger partial charge is 0.480 e. The number of nitrogens with zero attached hydrogens (tertiary/aromatic N) is 2. The van der Waals surface area contributed by atoms with E-state index in [0.29, 0.717) is 19.4 Å². The van der Waals surface area contributed by atoms with Crippen molar-refractivity contribution < 1.29 is 23.1 Å². The molecule has 1 unspecified atom stereocenters. The van der Waals surface area contributed by atoms with Gasteiger partial charge in [0.15, 0.2) is 0 Å². The van der Waals surface area contributed by atoms with Gasteiger partial charge in [-0.15, -0.1) is 0 Å². The average molecular weight is 315 g/mol. The maximum absolute atomic E-state index is 12.5. The number of rotatable bonds is 3. The fraction of sp³-hybridized carbons (Fsp3) is 0.500. The lowest BCUT2D eigenvalue weighted by Gasteiger charge is -2.31. The number of amides is 1. The zero-order valence-corrected chi connectivity index (χ0v) is 12.6. The molecule has 0 spiro atoms. The molecule has 1 saturated heterocycles. The lowest BCUT2D eigenvalue weighted by atomic mass is 9.99. The Balaban J connectivity index is 2.42. The molecular weight excluding hydrogens is 298 g/mol. The number of sulfonamides is 1. The van der Waals surface area contributed by atoms with Crippen LogP contribution in [0, 0.1) is 0 Å². The summed E-state index contributed by atoms with van der Waals surface area (Å²) in [4.78, 5) is 25.0. The summed E-state index contributed by atoms with van der Waals surface area (Å²) in [6, 6.07) is 1.16. The molecule has 1 aromatic heterocycles. The molecule has 1 aliphatic rings. The lowest BCUT2D eigenvalue weighted by molar-refractivity contribution is -0.147. The van der Waals surface area contributed by atoms with Crippen LogP contribution in [-0.4, -0.2) is 47.0 Å². The van der Waals surface area contributed by atoms with Crippen molar-refractivity contribution in [1.29, 1.82) is 0 Å². The average Bonchev–Trinajstić information content (AvgIpc) is 2.92. The highest BCUT2D eigenvalue weighted by Gasteiger charge is 2.46. The van der Waals surface area contributed by atoms with Gasteiger partial charge in [0.25, 0.3) is 5.91 Å². The Hall–Kier alpha value is -1.87. The molecule has 1 aromatic rings. The quantitative estimate of drug-likeness (QED) is 0.796. The Kier molecular flexibility index (Phi) is 3.58. The van der Waals surface area contributed by atoms with E-state index in [-0.39, 0.29) is 10.6 Å². The number of likely N-dealkylation sites (tertiary alicyclic amines) is 1. The molecule has 1 aliphatic heterocycles. The van der Waals surface area contributed by atoms with E-state index < -0.39 is 27.4 Å². The van der Waals surface area contributed by atoms with Gasteiger partial charge in [-0.1, -0.05) is 0 Å². The van der Waals surface area contributed by atoms with Crippen LogP contribution in [0.25, 0.3) is 0 Å². The first kappa shape index (κ1) is 15.5. The summed E-state index contributed by atoms with van der Waals surface area (Å²) in [5, 5.41) is 14.4. The van der Waals surface area contributed by atoms with Crippen LogP contribution < -0.4 is 5.14 Å². The summed E-state index contributed by atoms with van der Waals surface area (Å²) in [7, 11) is -2.40. The second-order valence-corrected chi connectivity index (χ2v) is 6.92. The number of primary sulfonamides is 1. The summed E-state index contributed by atoms with van der Waals surface area (Å²) in [5.41, 5.74) is -1.18. The summed E-state index contributed by atoms with van der Waals surface area (Å²) >= 11 is 0. The van der Waals surface area contributed by atoms with Gasteiger partial charge in [-0.3, -0.25) is 4.79 Å². The molecule has 0 aliphatic carbocycles. The summed E-state index contributed by atoms with van der Waals surface area (Å²) in [6.07, 6.45) is 2.18. The maximum atomic E-state index is 12.5. The Morgan fingerprint density at radius 3 is 2.52 bits per heavy atom. The number of carboxylic acids is 1. The van der Waals surface area contributed by atoms with Gasteiger partial charge in [-0.2, -0.15) is 0 Å². The fourth-order valence-electron chi connectivity index (χ4n) is 2.55. The van der Waals surface area contributed by atoms with Gasteiger partial charge in [0.1, 0.15) is 16.1 Å². The first-order valence-corrected chi connectivity index (χ1v) is 7.86. The van der Waals surface area contributed by atoms with Crippen LogP contribution in [0.15, 0.2) is 17.2 Å². The van der Waals surface area contributed by atoms with E-state index in [2.05, 4.69) is 0 Å². The minimum absolute atomic E-state index is 0.0911. The molecule has 0 saturated carbocycles. The maximum Gasteiger partial charge on any atom is 0.329 e. The zero-order valence-electron chi connectivity index (χ0n) is 11.7. The van der Waals surface area contributed by atoms with E-state index in [1.54, 1.807) is 0 Å². The highest BCUT2D eigenvalue weighted by Crippen LogP contribution is 2.31. The highest BCUT2D eigenvalue weighted by molar-refractivity contribution is 7.89. The van der Waals surface area contributed by atoms with E-state index in [9.17, 15) is 23.1 Å². The fourth-order valence-corrected chi connectivity index (χ4v) is 3.13. The third-order valence-electron chi connectivity index (χ3n) is 3.87. The predicted octanol–water partition coefficient (Wildman–Crippen LogP) is -0.248. The van der Waals surface area contributed by atoms with Gasteiger partial charge in [-0.05, 0) is 25.8 Å². The number of carboxylic acid groups (broad SMARTS) is 1. The number of carbonyl (C=O) groups is 2. The lowest BCUT2D eigenvalue weighted by Crippen LogP contribution is -2.51. The number of aromatic nitrogens is 1. The molecule has 8 nitrogen and oxygen atoms in total. The van der Waals surface area contributed by atoms with Crippen molar-refractivity contribution in [2.75, 3.05) is 6.54 Å². The Morgan fingerprint density at radius 1 is 1.43 bits per heavy atom. The molecule has 1 atom stereocenters. The van der Waals surface area contributed by atoms with E-state index >= 15 is 0 Å². The second kappa shape index (κ2) is 4.85. The van der Waals surface area contributed by atoms with E-state index in [4.69, 9.17) is 5.14 Å². The van der Waals surface area contributed by atoms with Gasteiger partial charge in [-0.25, -0.2) is 18.4 Å². The van der Waals surface area contributed by atoms with Crippen molar-refractivity contribution in [3.63, 3.8) is 0 Å². The Morgan fingerprint density at radius 2 is 2.05 bits per heavy atom. The molecule has 2 rings (SSSR count). The summed E-state index contributed by atoms with van der Waals surface area (Å²) in [6.45, 7) is 1.81. The topological polar surface area (TPSA) is 123 Å². The van der Waals surface area contributed by atoms with Crippen molar-refractivity contribution in [3.8, 4) is 0 Å². The standard InChI is InChI=1S/C12H17N3O5S/c1-12(11(17)18)4-3-5-15(12)10(16)9-6-8(7-14(9)2)21(13,19)20/h6-7H,3-5H2,1-2H3,(H,17,18)(H2,13,19,20). The molecular formula is C12H17N3O5S. The van der Waals surface area contributed by atoms with Gasteiger partial charge < -0.3 is 14.6 Å². The normalized spacial score (nSPS) is 22.5. The first-order chi connectivity index (χ1) is 9.57. The van der Waals surface area contributed by atoms with Crippen LogP contribution >= 0.6 is 0 Å². The van der Waals surface area contributed by atoms with E-state index in [1.807, 2.05) is 0 Å². The zero-order chi connectivity index (χ0) is 16.0. The highest BCUT2D eigenvalue weighted by atomic mass is 32.2. The van der Waals surface area contributed by atoms with Gasteiger partial charge in [0.05, 0.1) is 0 Å². The van der Waals surface area contributed by atoms with Crippen molar-refractivity contribution in [2.24, 2.45) is 12.2 Å². The summed E-state index contributed by atoms with van der Waals surface area (Å²) in [5.74, 6) is -1.59. The van der Waals surface area contributed by atoms with E-state index in [0.717, 1.165) is 6.07 Å². The van der Waals surface area contributed by atoms with Gasteiger partial charge >= 0.3 is 5.97 Å². The van der Waals surface area contributed by atoms with Crippen molar-refractivity contribution in [3.05, 3.63) is 18.0 Å². The van der Waals surface area contributed by atoms with Crippen LogP contribution in [0.2, 0.25) is 0 Å². The number of hydrogen-bond donors (Lipinski definition) is 2. The number of carbonyl (C=O) groups excluding carboxylic acids is 1. The van der Waals surface area contributed by atoms with Crippen LogP contribution in [0.5, 0.6) is 0 Å². The minimum Gasteiger partial charge on any atom is -0.480 e. The third kappa shape index (κ3) is 2.54. The molecule has 0 radical (unpaired) electrons. The van der Waals surface area contributed by atoms with Gasteiger partial charge in [0, 0.05) is 19.8 Å². The molecule has 3 N–H and O–H groups in total. The third-order valence-corrected chi connectivity index (χ3v) is 4.75. The molecule has 0 bridgehead atoms. The molecule has 9 heteroatoms. The summed E-state index contributed by atoms with van der Waals surface area (Å²) < 4.78 is 24.0. The minimum atomic E-state index is -3.91. The number of aryl methyl sites for hydroxylation is 1. The Labute approximate surface area is 122 Å². The van der Waals surface area contributed by atoms with Gasteiger partial charge in [0.2, 0.25) is 10.0 Å². The molecule has 1 amide bonds.